The monoisotopic (exact) mass is 482 g/mol. The van der Waals surface area contributed by atoms with Gasteiger partial charge in [-0.3, -0.25) is 4.79 Å². The maximum atomic E-state index is 13.1. The molecule has 3 rings (SSSR count). The number of rotatable bonds is 5. The zero-order chi connectivity index (χ0) is 20.7. The molecule has 0 spiro atoms. The summed E-state index contributed by atoms with van der Waals surface area (Å²) in [5, 5.41) is 15.2. The van der Waals surface area contributed by atoms with Gasteiger partial charge in [-0.2, -0.15) is 5.10 Å². The second kappa shape index (κ2) is 13.5. The van der Waals surface area contributed by atoms with Gasteiger partial charge in [0.25, 0.3) is 5.56 Å². The molecule has 0 aliphatic heterocycles. The molecule has 1 radical (unpaired) electrons. The third kappa shape index (κ3) is 6.61. The SMILES string of the molecule is CC.Cc1ccccc1-c1c(O)c(C(C)C)nn(CCc2ccccc2)c1=O.[CH3-].[Y]. The first-order valence-electron chi connectivity index (χ1n) is 9.93. The predicted octanol–water partition coefficient (Wildman–Crippen LogP) is 5.76. The summed E-state index contributed by atoms with van der Waals surface area (Å²) in [4.78, 5) is 13.1. The topological polar surface area (TPSA) is 55.1 Å². The summed E-state index contributed by atoms with van der Waals surface area (Å²) in [6, 6.07) is 17.6. The molecule has 0 atom stereocenters. The second-order valence-electron chi connectivity index (χ2n) is 6.84. The van der Waals surface area contributed by atoms with Gasteiger partial charge in [0.05, 0.1) is 5.56 Å². The molecule has 1 heterocycles. The fraction of sp³-hybridized carbons (Fsp3) is 0.320. The number of nitrogens with zero attached hydrogens (tertiary/aromatic N) is 2. The largest absolute Gasteiger partial charge is 0.505 e. The van der Waals surface area contributed by atoms with Crippen molar-refractivity contribution in [3.8, 4) is 16.9 Å². The molecule has 0 saturated carbocycles. The van der Waals surface area contributed by atoms with Crippen molar-refractivity contribution < 1.29 is 37.8 Å². The van der Waals surface area contributed by atoms with E-state index in [-0.39, 0.29) is 57.4 Å². The Morgan fingerprint density at radius 3 is 2.13 bits per heavy atom. The fourth-order valence-electron chi connectivity index (χ4n) is 3.10. The van der Waals surface area contributed by atoms with E-state index in [2.05, 4.69) is 5.10 Å². The summed E-state index contributed by atoms with van der Waals surface area (Å²) in [6.07, 6.45) is 0.712. The van der Waals surface area contributed by atoms with Gasteiger partial charge in [0.1, 0.15) is 5.69 Å². The summed E-state index contributed by atoms with van der Waals surface area (Å²) >= 11 is 0. The maximum Gasteiger partial charge on any atom is 0.278 e. The first-order valence-corrected chi connectivity index (χ1v) is 9.93. The number of hydrogen-bond acceptors (Lipinski definition) is 3. The Balaban J connectivity index is 0.00000204. The molecule has 0 aliphatic carbocycles. The van der Waals surface area contributed by atoms with E-state index in [4.69, 9.17) is 0 Å². The molecule has 1 N–H and O–H groups in total. The molecule has 0 aliphatic rings. The average Bonchev–Trinajstić information content (AvgIpc) is 2.71. The van der Waals surface area contributed by atoms with Crippen molar-refractivity contribution in [2.75, 3.05) is 0 Å². The van der Waals surface area contributed by atoms with Crippen LogP contribution in [-0.4, -0.2) is 14.9 Å². The van der Waals surface area contributed by atoms with Crippen molar-refractivity contribution in [2.45, 2.75) is 53.5 Å². The first-order chi connectivity index (χ1) is 13.5. The minimum Gasteiger partial charge on any atom is -0.505 e. The summed E-state index contributed by atoms with van der Waals surface area (Å²) in [7, 11) is 0. The quantitative estimate of drug-likeness (QED) is 0.470. The molecule has 0 bridgehead atoms. The minimum atomic E-state index is -0.253. The molecular formula is C25H33N2O2Y-. The average molecular weight is 482 g/mol. The van der Waals surface area contributed by atoms with Gasteiger partial charge in [0.15, 0.2) is 5.75 Å². The van der Waals surface area contributed by atoms with Crippen molar-refractivity contribution in [2.24, 2.45) is 0 Å². The molecule has 2 aromatic carbocycles. The second-order valence-corrected chi connectivity index (χ2v) is 6.84. The van der Waals surface area contributed by atoms with E-state index >= 15 is 0 Å². The molecule has 0 saturated heterocycles. The summed E-state index contributed by atoms with van der Waals surface area (Å²) < 4.78 is 1.49. The van der Waals surface area contributed by atoms with Gasteiger partial charge < -0.3 is 12.5 Å². The van der Waals surface area contributed by atoms with Gasteiger partial charge in [-0.15, -0.1) is 0 Å². The van der Waals surface area contributed by atoms with Gasteiger partial charge >= 0.3 is 0 Å². The van der Waals surface area contributed by atoms with E-state index in [0.29, 0.717) is 24.2 Å². The van der Waals surface area contributed by atoms with Gasteiger partial charge in [-0.25, -0.2) is 4.68 Å². The third-order valence-corrected chi connectivity index (χ3v) is 4.57. The van der Waals surface area contributed by atoms with E-state index in [1.807, 2.05) is 89.2 Å². The number of aromatic nitrogens is 2. The normalized spacial score (nSPS) is 9.80. The molecule has 30 heavy (non-hydrogen) atoms. The van der Waals surface area contributed by atoms with Crippen LogP contribution in [0, 0.1) is 14.4 Å². The van der Waals surface area contributed by atoms with Crippen molar-refractivity contribution in [3.63, 3.8) is 0 Å². The number of aryl methyl sites for hydroxylation is 3. The van der Waals surface area contributed by atoms with Crippen LogP contribution < -0.4 is 5.56 Å². The van der Waals surface area contributed by atoms with E-state index in [9.17, 15) is 9.90 Å². The number of hydrogen-bond donors (Lipinski definition) is 1. The zero-order valence-electron chi connectivity index (χ0n) is 19.0. The van der Waals surface area contributed by atoms with Crippen molar-refractivity contribution in [3.05, 3.63) is 89.2 Å². The summed E-state index contributed by atoms with van der Waals surface area (Å²) in [5.74, 6) is 0.0107. The molecule has 0 unspecified atom stereocenters. The standard InChI is InChI=1S/C22H24N2O2.C2H6.CH3.Y/c1-15(2)20-21(25)19(18-12-8-7-9-16(18)3)22(26)24(23-20)14-13-17-10-5-4-6-11-17;1-2;;/h4-12,15,25H,13-14H2,1-3H3;1-2H3;1H3;/q;;-1;. The number of benzene rings is 2. The van der Waals surface area contributed by atoms with Crippen LogP contribution in [0.3, 0.4) is 0 Å². The molecule has 0 amide bonds. The van der Waals surface area contributed by atoms with E-state index in [0.717, 1.165) is 16.7 Å². The van der Waals surface area contributed by atoms with E-state index in [1.165, 1.54) is 4.68 Å². The Hall–Kier alpha value is -1.78. The van der Waals surface area contributed by atoms with E-state index in [1.54, 1.807) is 0 Å². The molecule has 5 heteroatoms. The van der Waals surface area contributed by atoms with Crippen molar-refractivity contribution in [1.29, 1.82) is 0 Å². The molecule has 4 nitrogen and oxygen atoms in total. The van der Waals surface area contributed by atoms with Crippen molar-refractivity contribution in [1.82, 2.24) is 9.78 Å². The Morgan fingerprint density at radius 1 is 1.00 bits per heavy atom. The molecule has 0 fully saturated rings. The van der Waals surface area contributed by atoms with Gasteiger partial charge in [-0.05, 0) is 30.0 Å². The van der Waals surface area contributed by atoms with E-state index < -0.39 is 0 Å². The molecule has 159 valence electrons. The first kappa shape index (κ1) is 28.2. The van der Waals surface area contributed by atoms with Crippen LogP contribution in [0.5, 0.6) is 5.75 Å². The van der Waals surface area contributed by atoms with Crippen LogP contribution in [-0.2, 0) is 45.7 Å². The Morgan fingerprint density at radius 2 is 1.57 bits per heavy atom. The van der Waals surface area contributed by atoms with Crippen LogP contribution in [0.2, 0.25) is 0 Å². The zero-order valence-corrected chi connectivity index (χ0v) is 21.9. The van der Waals surface area contributed by atoms with Crippen molar-refractivity contribution >= 4 is 0 Å². The Bertz CT molecular complexity index is 967. The van der Waals surface area contributed by atoms with Gasteiger partial charge in [-0.1, -0.05) is 82.3 Å². The van der Waals surface area contributed by atoms with Crippen LogP contribution >= 0.6 is 0 Å². The number of aromatic hydroxyl groups is 1. The maximum absolute atomic E-state index is 13.1. The molecule has 1 aromatic heterocycles. The summed E-state index contributed by atoms with van der Waals surface area (Å²) in [6.45, 7) is 10.4. The molecular weight excluding hydrogens is 449 g/mol. The van der Waals surface area contributed by atoms with Crippen LogP contribution in [0.25, 0.3) is 11.1 Å². The minimum absolute atomic E-state index is 0. The van der Waals surface area contributed by atoms with Gasteiger partial charge in [0, 0.05) is 45.2 Å². The Labute approximate surface area is 206 Å². The third-order valence-electron chi connectivity index (χ3n) is 4.57. The van der Waals surface area contributed by atoms with Crippen LogP contribution in [0.1, 0.15) is 50.4 Å². The summed E-state index contributed by atoms with van der Waals surface area (Å²) in [5.41, 5.74) is 3.50. The van der Waals surface area contributed by atoms with Crippen LogP contribution in [0.15, 0.2) is 59.4 Å². The molecule has 3 aromatic rings. The van der Waals surface area contributed by atoms with Gasteiger partial charge in [0.2, 0.25) is 0 Å². The Kier molecular flexibility index (Phi) is 12.7. The van der Waals surface area contributed by atoms with Crippen LogP contribution in [0.4, 0.5) is 0 Å². The smallest absolute Gasteiger partial charge is 0.278 e. The predicted molar refractivity (Wildman–Crippen MR) is 122 cm³/mol. The fourth-order valence-corrected chi connectivity index (χ4v) is 3.10.